The summed E-state index contributed by atoms with van der Waals surface area (Å²) in [6.07, 6.45) is 0. The van der Waals surface area contributed by atoms with E-state index < -0.39 is 23.5 Å². The summed E-state index contributed by atoms with van der Waals surface area (Å²) in [6.45, 7) is 1.44. The smallest absolute Gasteiger partial charge is 0.357 e. The Balaban J connectivity index is 2.03. The van der Waals surface area contributed by atoms with Crippen LogP contribution in [-0.2, 0) is 4.79 Å². The molecule has 1 atom stereocenters. The van der Waals surface area contributed by atoms with Gasteiger partial charge in [-0.25, -0.2) is 9.48 Å². The molecule has 0 aliphatic rings. The Morgan fingerprint density at radius 1 is 1.11 bits per heavy atom. The van der Waals surface area contributed by atoms with Crippen LogP contribution in [0, 0.1) is 0 Å². The van der Waals surface area contributed by atoms with E-state index in [-0.39, 0.29) is 16.5 Å². The van der Waals surface area contributed by atoms with Gasteiger partial charge in [-0.2, -0.15) is 5.10 Å². The molecule has 3 aromatic rings. The minimum absolute atomic E-state index is 0.162. The monoisotopic (exact) mass is 405 g/mol. The molecule has 0 saturated heterocycles. The van der Waals surface area contributed by atoms with Crippen LogP contribution in [-0.4, -0.2) is 26.8 Å². The van der Waals surface area contributed by atoms with Gasteiger partial charge in [-0.05, 0) is 31.2 Å². The maximum absolute atomic E-state index is 12.7. The van der Waals surface area contributed by atoms with E-state index in [0.717, 1.165) is 4.68 Å². The van der Waals surface area contributed by atoms with Crippen LogP contribution in [0.3, 0.4) is 0 Å². The van der Waals surface area contributed by atoms with E-state index in [1.54, 1.807) is 12.1 Å². The Hall–Kier alpha value is -2.90. The van der Waals surface area contributed by atoms with E-state index in [1.807, 2.05) is 0 Å². The lowest BCUT2D eigenvalue weighted by atomic mass is 10.1. The molecule has 1 unspecified atom stereocenters. The molecule has 2 N–H and O–H groups in total. The number of nitrogens with one attached hydrogen (secondary N) is 1. The number of aromatic nitrogens is 2. The van der Waals surface area contributed by atoms with Crippen molar-refractivity contribution in [3.63, 3.8) is 0 Å². The van der Waals surface area contributed by atoms with Crippen molar-refractivity contribution in [1.29, 1.82) is 0 Å². The van der Waals surface area contributed by atoms with Crippen LogP contribution in [0.15, 0.2) is 47.3 Å². The van der Waals surface area contributed by atoms with Crippen molar-refractivity contribution in [1.82, 2.24) is 9.78 Å². The van der Waals surface area contributed by atoms with E-state index in [1.165, 1.54) is 37.3 Å². The third-order valence-corrected chi connectivity index (χ3v) is 4.34. The highest BCUT2D eigenvalue weighted by atomic mass is 35.5. The van der Waals surface area contributed by atoms with Gasteiger partial charge in [0.25, 0.3) is 5.56 Å². The van der Waals surface area contributed by atoms with Crippen molar-refractivity contribution in [3.05, 3.63) is 68.6 Å². The Bertz CT molecular complexity index is 1110. The number of nitrogens with zero attached hydrogens (tertiary/aromatic N) is 2. The van der Waals surface area contributed by atoms with Crippen LogP contribution in [0.4, 0.5) is 5.69 Å². The Labute approximate surface area is 163 Å². The standard InChI is InChI=1S/C18H13Cl2N3O4/c1-9(16(24)21-12-7-10(19)6-11(20)8-12)23-17(25)14-5-3-2-4-13(14)15(22-23)18(26)27/h2-9H,1H3,(H,21,24)(H,26,27). The second-order valence-corrected chi connectivity index (χ2v) is 6.65. The normalized spacial score (nSPS) is 12.0. The Kier molecular flexibility index (Phi) is 5.16. The number of carboxylic acid groups (broad SMARTS) is 1. The summed E-state index contributed by atoms with van der Waals surface area (Å²) in [6, 6.07) is 9.64. The number of amides is 1. The van der Waals surface area contributed by atoms with Crippen LogP contribution in [0.1, 0.15) is 23.5 Å². The van der Waals surface area contributed by atoms with Crippen molar-refractivity contribution in [3.8, 4) is 0 Å². The summed E-state index contributed by atoms with van der Waals surface area (Å²) in [5.74, 6) is -1.87. The molecule has 0 fully saturated rings. The molecular weight excluding hydrogens is 393 g/mol. The molecule has 0 aliphatic heterocycles. The molecule has 27 heavy (non-hydrogen) atoms. The van der Waals surface area contributed by atoms with Gasteiger partial charge in [0.15, 0.2) is 5.69 Å². The number of carbonyl (C=O) groups is 2. The first-order chi connectivity index (χ1) is 12.8. The lowest BCUT2D eigenvalue weighted by molar-refractivity contribution is -0.119. The molecule has 3 rings (SSSR count). The maximum atomic E-state index is 12.7. The van der Waals surface area contributed by atoms with Crippen molar-refractivity contribution < 1.29 is 14.7 Å². The lowest BCUT2D eigenvalue weighted by Gasteiger charge is -2.16. The van der Waals surface area contributed by atoms with Crippen LogP contribution < -0.4 is 10.9 Å². The first-order valence-corrected chi connectivity index (χ1v) is 8.55. The number of anilines is 1. The van der Waals surface area contributed by atoms with E-state index >= 15 is 0 Å². The topological polar surface area (TPSA) is 101 Å². The summed E-state index contributed by atoms with van der Waals surface area (Å²) in [7, 11) is 0. The summed E-state index contributed by atoms with van der Waals surface area (Å²) in [5.41, 5.74) is -0.533. The third-order valence-electron chi connectivity index (χ3n) is 3.91. The quantitative estimate of drug-likeness (QED) is 0.690. The minimum atomic E-state index is -1.30. The number of carbonyl (C=O) groups excluding carboxylic acids is 1. The van der Waals surface area contributed by atoms with Gasteiger partial charge in [0.2, 0.25) is 5.91 Å². The number of halogens is 2. The molecule has 2 aromatic carbocycles. The first kappa shape index (κ1) is 18.9. The van der Waals surface area contributed by atoms with Crippen molar-refractivity contribution in [2.45, 2.75) is 13.0 Å². The van der Waals surface area contributed by atoms with E-state index in [4.69, 9.17) is 23.2 Å². The number of hydrogen-bond donors (Lipinski definition) is 2. The van der Waals surface area contributed by atoms with Gasteiger partial charge in [-0.1, -0.05) is 41.4 Å². The average Bonchev–Trinajstić information content (AvgIpc) is 2.60. The first-order valence-electron chi connectivity index (χ1n) is 7.79. The predicted octanol–water partition coefficient (Wildman–Crippen LogP) is 3.60. The summed E-state index contributed by atoms with van der Waals surface area (Å²) in [4.78, 5) is 36.8. The number of fused-ring (bicyclic) bond motifs is 1. The van der Waals surface area contributed by atoms with Gasteiger partial charge in [0.05, 0.1) is 5.39 Å². The molecule has 7 nitrogen and oxygen atoms in total. The summed E-state index contributed by atoms with van der Waals surface area (Å²) in [5, 5.41) is 16.9. The average molecular weight is 406 g/mol. The van der Waals surface area contributed by atoms with Crippen molar-refractivity contribution in [2.24, 2.45) is 0 Å². The zero-order valence-electron chi connectivity index (χ0n) is 13.9. The second kappa shape index (κ2) is 7.38. The zero-order valence-corrected chi connectivity index (χ0v) is 15.5. The Morgan fingerprint density at radius 3 is 2.30 bits per heavy atom. The van der Waals surface area contributed by atoms with Gasteiger partial charge in [0, 0.05) is 21.1 Å². The van der Waals surface area contributed by atoms with E-state index in [9.17, 15) is 19.5 Å². The highest BCUT2D eigenvalue weighted by molar-refractivity contribution is 6.35. The molecule has 0 spiro atoms. The molecule has 0 aliphatic carbocycles. The number of carboxylic acids is 1. The highest BCUT2D eigenvalue weighted by Crippen LogP contribution is 2.23. The van der Waals surface area contributed by atoms with Gasteiger partial charge in [-0.3, -0.25) is 9.59 Å². The number of rotatable bonds is 4. The van der Waals surface area contributed by atoms with Crippen LogP contribution >= 0.6 is 23.2 Å². The Morgan fingerprint density at radius 2 is 1.70 bits per heavy atom. The number of aromatic carboxylic acids is 1. The number of benzene rings is 2. The third kappa shape index (κ3) is 3.79. The number of hydrogen-bond acceptors (Lipinski definition) is 4. The van der Waals surface area contributed by atoms with Gasteiger partial charge < -0.3 is 10.4 Å². The molecule has 0 saturated carbocycles. The fourth-order valence-electron chi connectivity index (χ4n) is 2.61. The fourth-order valence-corrected chi connectivity index (χ4v) is 3.14. The van der Waals surface area contributed by atoms with Gasteiger partial charge in [-0.15, -0.1) is 0 Å². The fraction of sp³-hybridized carbons (Fsp3) is 0.111. The molecule has 0 bridgehead atoms. The van der Waals surface area contributed by atoms with Crippen LogP contribution in [0.5, 0.6) is 0 Å². The molecule has 1 amide bonds. The van der Waals surface area contributed by atoms with Crippen LogP contribution in [0.25, 0.3) is 10.8 Å². The molecule has 9 heteroatoms. The second-order valence-electron chi connectivity index (χ2n) is 5.77. The molecule has 1 aromatic heterocycles. The van der Waals surface area contributed by atoms with E-state index in [0.29, 0.717) is 15.7 Å². The largest absolute Gasteiger partial charge is 0.476 e. The lowest BCUT2D eigenvalue weighted by Crippen LogP contribution is -2.34. The maximum Gasteiger partial charge on any atom is 0.357 e. The summed E-state index contributed by atoms with van der Waals surface area (Å²) >= 11 is 11.8. The molecule has 138 valence electrons. The molecule has 0 radical (unpaired) electrons. The highest BCUT2D eigenvalue weighted by Gasteiger charge is 2.22. The summed E-state index contributed by atoms with van der Waals surface area (Å²) < 4.78 is 0.854. The van der Waals surface area contributed by atoms with E-state index in [2.05, 4.69) is 10.4 Å². The SMILES string of the molecule is CC(C(=O)Nc1cc(Cl)cc(Cl)c1)n1nc(C(=O)O)c2ccccc2c1=O. The molecule has 1 heterocycles. The zero-order chi connectivity index (χ0) is 19.7. The predicted molar refractivity (Wildman–Crippen MR) is 103 cm³/mol. The van der Waals surface area contributed by atoms with Crippen molar-refractivity contribution >= 4 is 51.5 Å². The van der Waals surface area contributed by atoms with Gasteiger partial charge >= 0.3 is 5.97 Å². The molecular formula is C18H13Cl2N3O4. The van der Waals surface area contributed by atoms with Crippen LogP contribution in [0.2, 0.25) is 10.0 Å². The minimum Gasteiger partial charge on any atom is -0.476 e. The van der Waals surface area contributed by atoms with Crippen molar-refractivity contribution in [2.75, 3.05) is 5.32 Å². The van der Waals surface area contributed by atoms with Gasteiger partial charge in [0.1, 0.15) is 6.04 Å².